The number of hydrogen-bond acceptors (Lipinski definition) is 0. The van der Waals surface area contributed by atoms with Gasteiger partial charge in [0.1, 0.15) is 0 Å². The van der Waals surface area contributed by atoms with Gasteiger partial charge < -0.3 is 0 Å². The molecular weight excluding hydrogens is 259 g/mol. The highest BCUT2D eigenvalue weighted by molar-refractivity contribution is 4.83. The number of halogens is 1. The van der Waals surface area contributed by atoms with E-state index in [0.717, 1.165) is 30.1 Å². The molecule has 122 valence electrons. The summed E-state index contributed by atoms with van der Waals surface area (Å²) >= 11 is 0. The van der Waals surface area contributed by atoms with Gasteiger partial charge in [-0.3, -0.25) is 0 Å². The van der Waals surface area contributed by atoms with Crippen LogP contribution in [0, 0.1) is 23.7 Å². The molecule has 0 unspecified atom stereocenters. The Morgan fingerprint density at radius 1 is 0.810 bits per heavy atom. The first-order chi connectivity index (χ1) is 10.3. The summed E-state index contributed by atoms with van der Waals surface area (Å²) in [4.78, 5) is 0. The van der Waals surface area contributed by atoms with Gasteiger partial charge in [-0.1, -0.05) is 57.9 Å². The molecule has 0 bridgehead atoms. The summed E-state index contributed by atoms with van der Waals surface area (Å²) in [6, 6.07) is 0. The Balaban J connectivity index is 1.62. The Bertz CT molecular complexity index is 280. The molecule has 0 radical (unpaired) electrons. The lowest BCUT2D eigenvalue weighted by atomic mass is 9.68. The van der Waals surface area contributed by atoms with E-state index < -0.39 is 0 Å². The average molecular weight is 294 g/mol. The maximum Gasteiger partial charge on any atom is 0.0827 e. The molecule has 0 aromatic rings. The van der Waals surface area contributed by atoms with Crippen molar-refractivity contribution >= 4 is 0 Å². The second-order valence-electron chi connectivity index (χ2n) is 7.64. The third kappa shape index (κ3) is 5.75. The van der Waals surface area contributed by atoms with Crippen LogP contribution in [-0.2, 0) is 0 Å². The van der Waals surface area contributed by atoms with Crippen molar-refractivity contribution in [3.63, 3.8) is 0 Å². The summed E-state index contributed by atoms with van der Waals surface area (Å²) in [7, 11) is 0. The van der Waals surface area contributed by atoms with Crippen LogP contribution in [-0.4, -0.2) is 0 Å². The molecule has 0 atom stereocenters. The van der Waals surface area contributed by atoms with Gasteiger partial charge in [0.15, 0.2) is 0 Å². The predicted octanol–water partition coefficient (Wildman–Crippen LogP) is 7.05. The number of hydrogen-bond donors (Lipinski definition) is 0. The highest BCUT2D eigenvalue weighted by Crippen LogP contribution is 2.43. The summed E-state index contributed by atoms with van der Waals surface area (Å²) in [6.07, 6.45) is 20.6. The molecule has 2 aliphatic rings. The van der Waals surface area contributed by atoms with Crippen molar-refractivity contribution in [2.75, 3.05) is 0 Å². The Labute approximate surface area is 131 Å². The van der Waals surface area contributed by atoms with Crippen LogP contribution in [0.25, 0.3) is 0 Å². The number of allylic oxidation sites excluding steroid dienone is 1. The minimum Gasteiger partial charge on any atom is -0.216 e. The Hall–Kier alpha value is -0.330. The molecule has 0 aliphatic heterocycles. The molecule has 0 amide bonds. The molecular formula is C20H35F. The molecule has 0 aromatic heterocycles. The van der Waals surface area contributed by atoms with Gasteiger partial charge in [0.05, 0.1) is 6.33 Å². The minimum absolute atomic E-state index is 0.711. The van der Waals surface area contributed by atoms with E-state index in [2.05, 4.69) is 6.92 Å². The third-order valence-electron chi connectivity index (χ3n) is 6.25. The van der Waals surface area contributed by atoms with Gasteiger partial charge in [-0.25, -0.2) is 4.39 Å². The first kappa shape index (κ1) is 17.0. The van der Waals surface area contributed by atoms with Gasteiger partial charge in [0, 0.05) is 0 Å². The van der Waals surface area contributed by atoms with E-state index in [1.807, 2.05) is 0 Å². The maximum atomic E-state index is 12.0. The molecule has 0 heterocycles. The molecule has 0 N–H and O–H groups in total. The Morgan fingerprint density at radius 3 is 1.81 bits per heavy atom. The van der Waals surface area contributed by atoms with Gasteiger partial charge in [0.25, 0.3) is 0 Å². The van der Waals surface area contributed by atoms with Gasteiger partial charge >= 0.3 is 0 Å². The maximum absolute atomic E-state index is 12.0. The lowest BCUT2D eigenvalue weighted by Gasteiger charge is -2.38. The number of rotatable bonds is 7. The topological polar surface area (TPSA) is 0 Å². The molecule has 0 nitrogen and oxygen atoms in total. The molecule has 2 fully saturated rings. The highest BCUT2D eigenvalue weighted by Gasteiger charge is 2.30. The van der Waals surface area contributed by atoms with Gasteiger partial charge in [-0.15, -0.1) is 0 Å². The molecule has 0 saturated heterocycles. The molecule has 21 heavy (non-hydrogen) atoms. The first-order valence-corrected chi connectivity index (χ1v) is 9.58. The summed E-state index contributed by atoms with van der Waals surface area (Å²) in [6.45, 7) is 2.31. The lowest BCUT2D eigenvalue weighted by Crippen LogP contribution is -2.25. The quantitative estimate of drug-likeness (QED) is 0.472. The highest BCUT2D eigenvalue weighted by atomic mass is 19.1. The van der Waals surface area contributed by atoms with E-state index in [1.165, 1.54) is 77.0 Å². The summed E-state index contributed by atoms with van der Waals surface area (Å²) in [5, 5.41) is 0. The largest absolute Gasteiger partial charge is 0.216 e. The van der Waals surface area contributed by atoms with Crippen molar-refractivity contribution < 1.29 is 4.39 Å². The van der Waals surface area contributed by atoms with Crippen LogP contribution < -0.4 is 0 Å². The zero-order chi connectivity index (χ0) is 14.9. The Kier molecular flexibility index (Phi) is 7.82. The predicted molar refractivity (Wildman–Crippen MR) is 89.9 cm³/mol. The normalized spacial score (nSPS) is 34.4. The van der Waals surface area contributed by atoms with Crippen molar-refractivity contribution in [2.24, 2.45) is 23.7 Å². The van der Waals surface area contributed by atoms with E-state index in [0.29, 0.717) is 6.33 Å². The van der Waals surface area contributed by atoms with Crippen LogP contribution in [0.1, 0.15) is 90.4 Å². The van der Waals surface area contributed by atoms with Crippen LogP contribution in [0.15, 0.2) is 12.4 Å². The van der Waals surface area contributed by atoms with Gasteiger partial charge in [0.2, 0.25) is 0 Å². The van der Waals surface area contributed by atoms with Crippen LogP contribution in [0.4, 0.5) is 4.39 Å². The number of unbranched alkanes of at least 4 members (excludes halogenated alkanes) is 1. The second-order valence-corrected chi connectivity index (χ2v) is 7.64. The lowest BCUT2D eigenvalue weighted by molar-refractivity contribution is 0.141. The van der Waals surface area contributed by atoms with Crippen LogP contribution in [0.5, 0.6) is 0 Å². The van der Waals surface area contributed by atoms with Crippen molar-refractivity contribution in [3.05, 3.63) is 12.4 Å². The van der Waals surface area contributed by atoms with Gasteiger partial charge in [-0.05, 0) is 62.2 Å². The standard InChI is InChI=1S/C20H35F/c1-2-3-6-17-8-12-19(13-9-17)20-14-10-18(11-15-20)7-4-5-16-21/h5,16-20H,2-4,6-15H2,1H3/b16-5+. The zero-order valence-corrected chi connectivity index (χ0v) is 14.0. The second kappa shape index (κ2) is 9.64. The van der Waals surface area contributed by atoms with E-state index in [1.54, 1.807) is 6.08 Å². The van der Waals surface area contributed by atoms with Crippen LogP contribution in [0.3, 0.4) is 0 Å². The van der Waals surface area contributed by atoms with Crippen molar-refractivity contribution in [1.82, 2.24) is 0 Å². The van der Waals surface area contributed by atoms with E-state index in [9.17, 15) is 4.39 Å². The molecule has 1 heteroatoms. The monoisotopic (exact) mass is 294 g/mol. The van der Waals surface area contributed by atoms with E-state index in [4.69, 9.17) is 0 Å². The first-order valence-electron chi connectivity index (χ1n) is 9.58. The van der Waals surface area contributed by atoms with E-state index in [-0.39, 0.29) is 0 Å². The van der Waals surface area contributed by atoms with E-state index >= 15 is 0 Å². The van der Waals surface area contributed by atoms with Crippen molar-refractivity contribution in [1.29, 1.82) is 0 Å². The van der Waals surface area contributed by atoms with Crippen LogP contribution >= 0.6 is 0 Å². The molecule has 2 aliphatic carbocycles. The third-order valence-corrected chi connectivity index (χ3v) is 6.25. The fraction of sp³-hybridized carbons (Fsp3) is 0.900. The zero-order valence-electron chi connectivity index (χ0n) is 14.0. The Morgan fingerprint density at radius 2 is 1.33 bits per heavy atom. The summed E-state index contributed by atoms with van der Waals surface area (Å²) in [5.41, 5.74) is 0. The van der Waals surface area contributed by atoms with Gasteiger partial charge in [-0.2, -0.15) is 0 Å². The molecule has 2 rings (SSSR count). The average Bonchev–Trinajstić information content (AvgIpc) is 2.54. The minimum atomic E-state index is 0.711. The summed E-state index contributed by atoms with van der Waals surface area (Å²) < 4.78 is 12.0. The SMILES string of the molecule is CCCCC1CCC(C2CCC(CC/C=C/F)CC2)CC1. The van der Waals surface area contributed by atoms with Crippen LogP contribution in [0.2, 0.25) is 0 Å². The van der Waals surface area contributed by atoms with Crippen molar-refractivity contribution in [3.8, 4) is 0 Å². The summed E-state index contributed by atoms with van der Waals surface area (Å²) in [5.74, 6) is 3.98. The molecule has 2 saturated carbocycles. The molecule has 0 aromatic carbocycles. The fourth-order valence-electron chi connectivity index (χ4n) is 4.78. The molecule has 0 spiro atoms. The smallest absolute Gasteiger partial charge is 0.0827 e. The van der Waals surface area contributed by atoms with Crippen molar-refractivity contribution in [2.45, 2.75) is 90.4 Å². The fourth-order valence-corrected chi connectivity index (χ4v) is 4.78.